The molecule has 0 spiro atoms. The van der Waals surface area contributed by atoms with E-state index in [-0.39, 0.29) is 12.5 Å². The molecular formula is C23H17NO5. The van der Waals surface area contributed by atoms with Crippen LogP contribution < -0.4 is 20.4 Å². The lowest BCUT2D eigenvalue weighted by Gasteiger charge is -2.09. The minimum atomic E-state index is -0.438. The summed E-state index contributed by atoms with van der Waals surface area (Å²) in [6.45, 7) is -0.176. The number of para-hydroxylation sites is 1. The summed E-state index contributed by atoms with van der Waals surface area (Å²) in [4.78, 5) is 23.4. The molecule has 1 N–H and O–H groups in total. The van der Waals surface area contributed by atoms with E-state index in [1.165, 1.54) is 6.07 Å². The molecule has 1 amide bonds. The van der Waals surface area contributed by atoms with Gasteiger partial charge in [0.05, 0.1) is 0 Å². The van der Waals surface area contributed by atoms with Crippen LogP contribution in [0.25, 0.3) is 11.0 Å². The van der Waals surface area contributed by atoms with Crippen molar-refractivity contribution in [3.8, 4) is 17.2 Å². The number of rotatable bonds is 6. The fourth-order valence-electron chi connectivity index (χ4n) is 2.71. The summed E-state index contributed by atoms with van der Waals surface area (Å²) >= 11 is 0. The van der Waals surface area contributed by atoms with Crippen molar-refractivity contribution in [2.75, 3.05) is 11.9 Å². The SMILES string of the molecule is O=C(COc1ccc2ccc(=O)oc2c1)Nc1ccc(Oc2ccccc2)cc1. The average Bonchev–Trinajstić information content (AvgIpc) is 2.74. The largest absolute Gasteiger partial charge is 0.484 e. The molecule has 6 heteroatoms. The molecule has 4 aromatic rings. The molecule has 0 unspecified atom stereocenters. The summed E-state index contributed by atoms with van der Waals surface area (Å²) in [7, 11) is 0. The van der Waals surface area contributed by atoms with E-state index in [0.717, 1.165) is 11.1 Å². The van der Waals surface area contributed by atoms with Gasteiger partial charge in [0.2, 0.25) is 0 Å². The van der Waals surface area contributed by atoms with Gasteiger partial charge in [0, 0.05) is 23.2 Å². The Bertz CT molecular complexity index is 1180. The van der Waals surface area contributed by atoms with Crippen LogP contribution in [0.5, 0.6) is 17.2 Å². The van der Waals surface area contributed by atoms with Gasteiger partial charge in [0.15, 0.2) is 6.61 Å². The number of fused-ring (bicyclic) bond motifs is 1. The normalized spacial score (nSPS) is 10.5. The molecular weight excluding hydrogens is 370 g/mol. The Morgan fingerprint density at radius 2 is 1.52 bits per heavy atom. The first-order chi connectivity index (χ1) is 14.2. The minimum Gasteiger partial charge on any atom is -0.484 e. The van der Waals surface area contributed by atoms with Crippen LogP contribution in [0.2, 0.25) is 0 Å². The monoisotopic (exact) mass is 387 g/mol. The van der Waals surface area contributed by atoms with Crippen LogP contribution in [-0.4, -0.2) is 12.5 Å². The first-order valence-electron chi connectivity index (χ1n) is 8.95. The third kappa shape index (κ3) is 4.81. The van der Waals surface area contributed by atoms with Gasteiger partial charge in [-0.15, -0.1) is 0 Å². The number of anilines is 1. The van der Waals surface area contributed by atoms with Gasteiger partial charge in [-0.2, -0.15) is 0 Å². The summed E-state index contributed by atoms with van der Waals surface area (Å²) in [5, 5.41) is 3.53. The second-order valence-electron chi connectivity index (χ2n) is 6.23. The molecule has 6 nitrogen and oxygen atoms in total. The lowest BCUT2D eigenvalue weighted by Crippen LogP contribution is -2.20. The van der Waals surface area contributed by atoms with E-state index < -0.39 is 5.63 Å². The molecule has 0 fully saturated rings. The van der Waals surface area contributed by atoms with Crippen LogP contribution in [0.3, 0.4) is 0 Å². The van der Waals surface area contributed by atoms with Gasteiger partial charge >= 0.3 is 5.63 Å². The Hall–Kier alpha value is -4.06. The molecule has 0 saturated heterocycles. The highest BCUT2D eigenvalue weighted by atomic mass is 16.5. The molecule has 0 aliphatic carbocycles. The number of ether oxygens (including phenoxy) is 2. The van der Waals surface area contributed by atoms with Crippen molar-refractivity contribution in [2.45, 2.75) is 0 Å². The fourth-order valence-corrected chi connectivity index (χ4v) is 2.71. The van der Waals surface area contributed by atoms with Gasteiger partial charge in [-0.25, -0.2) is 4.79 Å². The van der Waals surface area contributed by atoms with Crippen molar-refractivity contribution in [1.29, 1.82) is 0 Å². The van der Waals surface area contributed by atoms with E-state index in [0.29, 0.717) is 22.8 Å². The predicted octanol–water partition coefficient (Wildman–Crippen LogP) is 4.60. The molecule has 4 rings (SSSR count). The molecule has 0 radical (unpaired) electrons. The summed E-state index contributed by atoms with van der Waals surface area (Å²) < 4.78 is 16.3. The van der Waals surface area contributed by atoms with E-state index >= 15 is 0 Å². The average molecular weight is 387 g/mol. The quantitative estimate of drug-likeness (QED) is 0.489. The maximum absolute atomic E-state index is 12.1. The zero-order valence-electron chi connectivity index (χ0n) is 15.3. The van der Waals surface area contributed by atoms with Gasteiger partial charge in [-0.3, -0.25) is 4.79 Å². The first-order valence-corrected chi connectivity index (χ1v) is 8.95. The van der Waals surface area contributed by atoms with E-state index in [9.17, 15) is 9.59 Å². The topological polar surface area (TPSA) is 77.8 Å². The lowest BCUT2D eigenvalue weighted by molar-refractivity contribution is -0.118. The molecule has 1 heterocycles. The van der Waals surface area contributed by atoms with Gasteiger partial charge < -0.3 is 19.2 Å². The highest BCUT2D eigenvalue weighted by molar-refractivity contribution is 5.92. The van der Waals surface area contributed by atoms with Crippen LogP contribution >= 0.6 is 0 Å². The molecule has 0 atom stereocenters. The van der Waals surface area contributed by atoms with Crippen molar-refractivity contribution in [3.63, 3.8) is 0 Å². The molecule has 0 aliphatic rings. The summed E-state index contributed by atoms with van der Waals surface area (Å²) in [5.41, 5.74) is 0.597. The zero-order chi connectivity index (χ0) is 20.1. The highest BCUT2D eigenvalue weighted by Gasteiger charge is 2.06. The predicted molar refractivity (Wildman–Crippen MR) is 110 cm³/mol. The van der Waals surface area contributed by atoms with Crippen molar-refractivity contribution in [2.24, 2.45) is 0 Å². The maximum atomic E-state index is 12.1. The number of benzene rings is 3. The second-order valence-corrected chi connectivity index (χ2v) is 6.23. The Kier molecular flexibility index (Phi) is 5.25. The number of amides is 1. The van der Waals surface area contributed by atoms with Crippen LogP contribution in [-0.2, 0) is 4.79 Å². The number of carbonyl (C=O) groups excluding carboxylic acids is 1. The molecule has 3 aromatic carbocycles. The maximum Gasteiger partial charge on any atom is 0.336 e. The van der Waals surface area contributed by atoms with Crippen LogP contribution in [0.15, 0.2) is 94.1 Å². The molecule has 29 heavy (non-hydrogen) atoms. The van der Waals surface area contributed by atoms with E-state index in [4.69, 9.17) is 13.9 Å². The zero-order valence-corrected chi connectivity index (χ0v) is 15.3. The van der Waals surface area contributed by atoms with Crippen LogP contribution in [0, 0.1) is 0 Å². The highest BCUT2D eigenvalue weighted by Crippen LogP contribution is 2.23. The number of carbonyl (C=O) groups is 1. The van der Waals surface area contributed by atoms with Crippen molar-refractivity contribution in [1.82, 2.24) is 0 Å². The fraction of sp³-hybridized carbons (Fsp3) is 0.0435. The number of hydrogen-bond acceptors (Lipinski definition) is 5. The first kappa shape index (κ1) is 18.3. The van der Waals surface area contributed by atoms with Gasteiger partial charge in [-0.05, 0) is 54.6 Å². The third-order valence-corrected chi connectivity index (χ3v) is 4.08. The molecule has 144 valence electrons. The Morgan fingerprint density at radius 3 is 2.31 bits per heavy atom. The molecule has 0 saturated carbocycles. The Balaban J connectivity index is 1.33. The number of nitrogens with one attached hydrogen (secondary N) is 1. The van der Waals surface area contributed by atoms with E-state index in [2.05, 4.69) is 5.32 Å². The third-order valence-electron chi connectivity index (χ3n) is 4.08. The molecule has 0 bridgehead atoms. The molecule has 0 aliphatic heterocycles. The lowest BCUT2D eigenvalue weighted by atomic mass is 10.2. The smallest absolute Gasteiger partial charge is 0.336 e. The van der Waals surface area contributed by atoms with E-state index in [1.807, 2.05) is 30.3 Å². The van der Waals surface area contributed by atoms with Crippen LogP contribution in [0.1, 0.15) is 0 Å². The summed E-state index contributed by atoms with van der Waals surface area (Å²) in [6.07, 6.45) is 0. The van der Waals surface area contributed by atoms with Gasteiger partial charge in [0.25, 0.3) is 5.91 Å². The number of hydrogen-bond donors (Lipinski definition) is 1. The standard InChI is InChI=1S/C23H17NO5/c25-22(15-27-20-10-6-16-7-13-23(26)29-21(16)14-20)24-17-8-11-19(12-9-17)28-18-4-2-1-3-5-18/h1-14H,15H2,(H,24,25). The van der Waals surface area contributed by atoms with Crippen molar-refractivity contribution in [3.05, 3.63) is 95.3 Å². The van der Waals surface area contributed by atoms with Crippen molar-refractivity contribution < 1.29 is 18.7 Å². The second kappa shape index (κ2) is 8.31. The Morgan fingerprint density at radius 1 is 0.828 bits per heavy atom. The van der Waals surface area contributed by atoms with Gasteiger partial charge in [0.1, 0.15) is 22.8 Å². The van der Waals surface area contributed by atoms with Crippen LogP contribution in [0.4, 0.5) is 5.69 Å². The Labute approximate surface area is 166 Å². The van der Waals surface area contributed by atoms with Crippen molar-refractivity contribution >= 4 is 22.6 Å². The minimum absolute atomic E-state index is 0.176. The summed E-state index contributed by atoms with van der Waals surface area (Å²) in [6, 6.07) is 24.6. The molecule has 1 aromatic heterocycles. The van der Waals surface area contributed by atoms with E-state index in [1.54, 1.807) is 48.5 Å². The summed E-state index contributed by atoms with van der Waals surface area (Å²) in [5.74, 6) is 1.54. The van der Waals surface area contributed by atoms with Gasteiger partial charge in [-0.1, -0.05) is 18.2 Å².